The molecule has 0 amide bonds. The summed E-state index contributed by atoms with van der Waals surface area (Å²) in [5.74, 6) is -1.19. The van der Waals surface area contributed by atoms with E-state index in [0.29, 0.717) is 25.7 Å². The van der Waals surface area contributed by atoms with E-state index in [4.69, 9.17) is 18.5 Å². The Kier molecular flexibility index (Phi) is 35.9. The molecule has 3 unspecified atom stereocenters. The molecule has 1 saturated carbocycles. The summed E-state index contributed by atoms with van der Waals surface area (Å²) in [6.07, 6.45) is 30.8. The third-order valence-corrected chi connectivity index (χ3v) is 12.0. The van der Waals surface area contributed by atoms with Gasteiger partial charge in [-0.15, -0.1) is 0 Å². The van der Waals surface area contributed by atoms with Gasteiger partial charge in [0.05, 0.1) is 12.7 Å². The Morgan fingerprint density at radius 3 is 1.53 bits per heavy atom. The van der Waals surface area contributed by atoms with Crippen molar-refractivity contribution in [2.75, 3.05) is 13.2 Å². The number of unbranched alkanes of at least 4 members (excludes halogenated alkanes) is 17. The van der Waals surface area contributed by atoms with Gasteiger partial charge in [-0.25, -0.2) is 4.57 Å². The molecule has 0 saturated heterocycles. The van der Waals surface area contributed by atoms with Gasteiger partial charge >= 0.3 is 19.8 Å². The van der Waals surface area contributed by atoms with E-state index < -0.39 is 81.8 Å². The van der Waals surface area contributed by atoms with Crippen LogP contribution < -0.4 is 0 Å². The Balaban J connectivity index is 2.48. The van der Waals surface area contributed by atoms with Crippen molar-refractivity contribution in [1.82, 2.24) is 0 Å². The Labute approximate surface area is 384 Å². The molecule has 7 N–H and O–H groups in total. The maximum absolute atomic E-state index is 12.8. The number of ether oxygens (including phenoxy) is 2. The molecule has 15 heteroatoms. The third kappa shape index (κ3) is 30.7. The maximum Gasteiger partial charge on any atom is 0.472 e. The molecule has 0 bridgehead atoms. The van der Waals surface area contributed by atoms with Crippen molar-refractivity contribution in [3.8, 4) is 0 Å². The molecular formula is C49H85O14P. The van der Waals surface area contributed by atoms with E-state index in [1.807, 2.05) is 43.4 Å². The molecule has 0 radical (unpaired) electrons. The lowest BCUT2D eigenvalue weighted by Gasteiger charge is -2.41. The predicted octanol–water partition coefficient (Wildman–Crippen LogP) is 8.70. The van der Waals surface area contributed by atoms with Crippen molar-refractivity contribution in [1.29, 1.82) is 0 Å². The molecule has 1 rings (SSSR count). The van der Waals surface area contributed by atoms with Crippen LogP contribution in [0, 0.1) is 0 Å². The van der Waals surface area contributed by atoms with Crippen molar-refractivity contribution in [2.45, 2.75) is 223 Å². The minimum atomic E-state index is -5.14. The summed E-state index contributed by atoms with van der Waals surface area (Å²) in [6, 6.07) is 0. The molecule has 14 nitrogen and oxygen atoms in total. The van der Waals surface area contributed by atoms with Crippen LogP contribution in [-0.2, 0) is 32.7 Å². The first-order valence-corrected chi connectivity index (χ1v) is 25.7. The van der Waals surface area contributed by atoms with Gasteiger partial charge in [0, 0.05) is 12.8 Å². The van der Waals surface area contributed by atoms with E-state index in [-0.39, 0.29) is 12.8 Å². The van der Waals surface area contributed by atoms with Crippen LogP contribution in [0.15, 0.2) is 60.8 Å². The zero-order valence-electron chi connectivity index (χ0n) is 38.9. The molecule has 9 atom stereocenters. The number of hydrogen-bond acceptors (Lipinski definition) is 13. The lowest BCUT2D eigenvalue weighted by Crippen LogP contribution is -2.64. The molecule has 1 fully saturated rings. The van der Waals surface area contributed by atoms with Crippen LogP contribution >= 0.6 is 7.82 Å². The highest BCUT2D eigenvalue weighted by Gasteiger charge is 2.51. The van der Waals surface area contributed by atoms with Crippen LogP contribution in [0.4, 0.5) is 0 Å². The fourth-order valence-electron chi connectivity index (χ4n) is 6.98. The van der Waals surface area contributed by atoms with Crippen LogP contribution in [0.5, 0.6) is 0 Å². The first kappa shape index (κ1) is 59.5. The molecule has 0 heterocycles. The van der Waals surface area contributed by atoms with Crippen molar-refractivity contribution in [3.63, 3.8) is 0 Å². The molecule has 370 valence electrons. The van der Waals surface area contributed by atoms with Gasteiger partial charge in [0.1, 0.15) is 43.2 Å². The first-order chi connectivity index (χ1) is 30.8. The normalized spacial score (nSPS) is 22.6. The van der Waals surface area contributed by atoms with Gasteiger partial charge in [-0.2, -0.15) is 0 Å². The molecule has 0 spiro atoms. The zero-order valence-corrected chi connectivity index (χ0v) is 39.8. The molecule has 64 heavy (non-hydrogen) atoms. The monoisotopic (exact) mass is 929 g/mol. The van der Waals surface area contributed by atoms with E-state index in [9.17, 15) is 49.7 Å². The SMILES string of the molecule is CCCCCCCCCCCCCCCCCCCC(=O)OC[C@H](COP(=O)(O)OC1[C@H](O)[C@H](O)C(O)[C@H](O)[C@H]1O)OC(=O)CCC/C=C\C/C=C\C/C=C\C/C=C\C=C\[C@H](O)CC. The summed E-state index contributed by atoms with van der Waals surface area (Å²) in [5.41, 5.74) is 0. The highest BCUT2D eigenvalue weighted by atomic mass is 31.2. The summed E-state index contributed by atoms with van der Waals surface area (Å²) >= 11 is 0. The maximum atomic E-state index is 12.8. The molecule has 1 aliphatic carbocycles. The van der Waals surface area contributed by atoms with Gasteiger partial charge in [0.2, 0.25) is 0 Å². The van der Waals surface area contributed by atoms with Gasteiger partial charge in [-0.3, -0.25) is 18.6 Å². The number of phosphoric acid groups is 1. The number of carbonyl (C=O) groups is 2. The van der Waals surface area contributed by atoms with Gasteiger partial charge in [-0.05, 0) is 44.9 Å². The van der Waals surface area contributed by atoms with E-state index in [1.54, 1.807) is 6.08 Å². The second-order valence-corrected chi connectivity index (χ2v) is 18.2. The van der Waals surface area contributed by atoms with Crippen LogP contribution in [0.1, 0.15) is 174 Å². The van der Waals surface area contributed by atoms with E-state index in [1.165, 1.54) is 83.5 Å². The predicted molar refractivity (Wildman–Crippen MR) is 250 cm³/mol. The van der Waals surface area contributed by atoms with Crippen LogP contribution in [0.2, 0.25) is 0 Å². The third-order valence-electron chi connectivity index (χ3n) is 11.0. The van der Waals surface area contributed by atoms with E-state index >= 15 is 0 Å². The largest absolute Gasteiger partial charge is 0.472 e. The molecule has 0 aliphatic heterocycles. The Morgan fingerprint density at radius 1 is 0.562 bits per heavy atom. The van der Waals surface area contributed by atoms with Crippen LogP contribution in [0.25, 0.3) is 0 Å². The van der Waals surface area contributed by atoms with Gasteiger partial charge < -0.3 is 45.0 Å². The van der Waals surface area contributed by atoms with Gasteiger partial charge in [0.15, 0.2) is 6.10 Å². The Morgan fingerprint density at radius 2 is 1.02 bits per heavy atom. The second-order valence-electron chi connectivity index (χ2n) is 16.8. The average molecular weight is 929 g/mol. The number of allylic oxidation sites excluding steroid dienone is 9. The lowest BCUT2D eigenvalue weighted by molar-refractivity contribution is -0.220. The Bertz CT molecular complexity index is 1370. The number of hydrogen-bond donors (Lipinski definition) is 7. The fraction of sp³-hybridized carbons (Fsp3) is 0.755. The standard InChI is InChI=1S/C49H85O14P/c1-3-5-6-7-8-9-10-11-12-13-14-18-21-24-27-30-33-36-42(51)60-38-41(39-61-64(58,59)63-49-47(56)45(54)44(53)46(55)48(49)57)62-43(52)37-34-31-28-25-22-19-16-15-17-20-23-26-29-32-35-40(50)4-2/h16-17,19-20,25-26,28-29,32,35,40-41,44-50,53-57H,3-15,18,21-24,27,30-31,33-34,36-39H2,1-2H3,(H,58,59)/b19-16-,20-17-,28-25-,29-26-,35-32+/t40-,41-,44?,45-,46+,47-,48-,49?/m1/s1. The van der Waals surface area contributed by atoms with E-state index in [2.05, 4.69) is 25.2 Å². The molecule has 0 aromatic heterocycles. The highest BCUT2D eigenvalue weighted by Crippen LogP contribution is 2.47. The van der Waals surface area contributed by atoms with Crippen molar-refractivity contribution < 1.29 is 68.2 Å². The van der Waals surface area contributed by atoms with Crippen molar-refractivity contribution >= 4 is 19.8 Å². The second kappa shape index (κ2) is 38.6. The first-order valence-electron chi connectivity index (χ1n) is 24.2. The summed E-state index contributed by atoms with van der Waals surface area (Å²) < 4.78 is 33.5. The minimum Gasteiger partial charge on any atom is -0.462 e. The van der Waals surface area contributed by atoms with Crippen LogP contribution in [0.3, 0.4) is 0 Å². The van der Waals surface area contributed by atoms with Crippen molar-refractivity contribution in [3.05, 3.63) is 60.8 Å². The quantitative estimate of drug-likeness (QED) is 0.0101. The van der Waals surface area contributed by atoms with E-state index in [0.717, 1.165) is 38.5 Å². The summed E-state index contributed by atoms with van der Waals surface area (Å²) in [7, 11) is -5.14. The molecular weight excluding hydrogens is 843 g/mol. The van der Waals surface area contributed by atoms with Crippen molar-refractivity contribution in [2.24, 2.45) is 0 Å². The van der Waals surface area contributed by atoms with Gasteiger partial charge in [0.25, 0.3) is 0 Å². The molecule has 1 aliphatic rings. The molecule has 0 aromatic carbocycles. The average Bonchev–Trinajstić information content (AvgIpc) is 3.28. The molecule has 0 aromatic rings. The topological polar surface area (TPSA) is 230 Å². The minimum absolute atomic E-state index is 0.00391. The number of esters is 2. The summed E-state index contributed by atoms with van der Waals surface area (Å²) in [6.45, 7) is 2.93. The lowest BCUT2D eigenvalue weighted by atomic mass is 9.85. The number of rotatable bonds is 39. The zero-order chi connectivity index (χ0) is 47.3. The highest BCUT2D eigenvalue weighted by molar-refractivity contribution is 7.47. The summed E-state index contributed by atoms with van der Waals surface area (Å²) in [4.78, 5) is 35.7. The number of carbonyl (C=O) groups excluding carboxylic acids is 2. The Hall–Kier alpha value is -2.49. The number of aliphatic hydroxyl groups is 6. The number of aliphatic hydroxyl groups excluding tert-OH is 6. The van der Waals surface area contributed by atoms with Crippen LogP contribution in [-0.4, -0.2) is 110 Å². The number of phosphoric ester groups is 1. The van der Waals surface area contributed by atoms with Gasteiger partial charge in [-0.1, -0.05) is 177 Å². The smallest absolute Gasteiger partial charge is 0.462 e. The summed E-state index contributed by atoms with van der Waals surface area (Å²) in [5, 5.41) is 59.7. The fourth-order valence-corrected chi connectivity index (χ4v) is 7.95.